The van der Waals surface area contributed by atoms with E-state index in [2.05, 4.69) is 10.6 Å². The molecule has 1 aliphatic heterocycles. The topological polar surface area (TPSA) is 92.3 Å². The van der Waals surface area contributed by atoms with Crippen molar-refractivity contribution >= 4 is 33.0 Å². The van der Waals surface area contributed by atoms with Crippen molar-refractivity contribution in [2.45, 2.75) is 17.2 Å². The number of carbonyl (C=O) groups is 2. The van der Waals surface area contributed by atoms with Crippen molar-refractivity contribution in [1.82, 2.24) is 0 Å². The summed E-state index contributed by atoms with van der Waals surface area (Å²) < 4.78 is 36.2. The first-order chi connectivity index (χ1) is 11.7. The number of amides is 2. The van der Waals surface area contributed by atoms with Crippen LogP contribution in [0.5, 0.6) is 0 Å². The number of fused-ring (bicyclic) bond motifs is 1. The van der Waals surface area contributed by atoms with Crippen LogP contribution in [0.4, 0.5) is 15.8 Å². The summed E-state index contributed by atoms with van der Waals surface area (Å²) in [6.45, 7) is 0. The third-order valence-corrected chi connectivity index (χ3v) is 5.05. The zero-order valence-corrected chi connectivity index (χ0v) is 14.1. The van der Waals surface area contributed by atoms with E-state index in [0.717, 1.165) is 6.26 Å². The van der Waals surface area contributed by atoms with E-state index in [4.69, 9.17) is 0 Å². The fourth-order valence-electron chi connectivity index (χ4n) is 2.69. The second-order valence-electron chi connectivity index (χ2n) is 5.82. The molecule has 0 saturated carbocycles. The quantitative estimate of drug-likeness (QED) is 0.876. The summed E-state index contributed by atoms with van der Waals surface area (Å²) in [7, 11) is -3.32. The molecule has 3 rings (SSSR count). The maximum atomic E-state index is 13.3. The van der Waals surface area contributed by atoms with E-state index in [1.54, 1.807) is 0 Å². The largest absolute Gasteiger partial charge is 0.326 e. The number of nitrogens with one attached hydrogen (secondary N) is 2. The van der Waals surface area contributed by atoms with Crippen LogP contribution < -0.4 is 10.6 Å². The van der Waals surface area contributed by atoms with Gasteiger partial charge in [-0.25, -0.2) is 12.8 Å². The Hall–Kier alpha value is -2.74. The molecule has 25 heavy (non-hydrogen) atoms. The van der Waals surface area contributed by atoms with Crippen molar-refractivity contribution in [2.75, 3.05) is 16.9 Å². The summed E-state index contributed by atoms with van der Waals surface area (Å²) in [6, 6.07) is 9.61. The summed E-state index contributed by atoms with van der Waals surface area (Å²) in [4.78, 5) is 24.5. The molecule has 1 unspecified atom stereocenters. The minimum absolute atomic E-state index is 0.0497. The number of benzene rings is 2. The van der Waals surface area contributed by atoms with Gasteiger partial charge in [0, 0.05) is 24.1 Å². The first-order valence-corrected chi connectivity index (χ1v) is 9.33. The smallest absolute Gasteiger partial charge is 0.232 e. The Bertz CT molecular complexity index is 955. The van der Waals surface area contributed by atoms with Gasteiger partial charge in [-0.15, -0.1) is 0 Å². The SMILES string of the molecule is CS(=O)(=O)c1ccc(NC(=O)C2CC(=O)Nc3cc(F)ccc32)cc1. The third-order valence-electron chi connectivity index (χ3n) is 3.92. The summed E-state index contributed by atoms with van der Waals surface area (Å²) in [6.07, 6.45) is 1.04. The van der Waals surface area contributed by atoms with Gasteiger partial charge in [0.2, 0.25) is 11.8 Å². The van der Waals surface area contributed by atoms with Crippen molar-refractivity contribution < 1.29 is 22.4 Å². The summed E-state index contributed by atoms with van der Waals surface area (Å²) in [5.74, 6) is -2.05. The number of anilines is 2. The lowest BCUT2D eigenvalue weighted by molar-refractivity contribution is -0.123. The van der Waals surface area contributed by atoms with Crippen LogP contribution in [0.1, 0.15) is 17.9 Å². The van der Waals surface area contributed by atoms with E-state index in [0.29, 0.717) is 11.3 Å². The van der Waals surface area contributed by atoms with Gasteiger partial charge < -0.3 is 10.6 Å². The van der Waals surface area contributed by atoms with Gasteiger partial charge in [-0.3, -0.25) is 9.59 Å². The lowest BCUT2D eigenvalue weighted by atomic mass is 9.89. The van der Waals surface area contributed by atoms with Gasteiger partial charge in [-0.1, -0.05) is 6.07 Å². The molecule has 0 aliphatic carbocycles. The molecule has 2 N–H and O–H groups in total. The van der Waals surface area contributed by atoms with Crippen LogP contribution in [0, 0.1) is 5.82 Å². The maximum absolute atomic E-state index is 13.3. The predicted molar refractivity (Wildman–Crippen MR) is 90.6 cm³/mol. The van der Waals surface area contributed by atoms with Crippen molar-refractivity contribution in [3.63, 3.8) is 0 Å². The molecule has 0 saturated heterocycles. The van der Waals surface area contributed by atoms with Crippen LogP contribution in [0.3, 0.4) is 0 Å². The summed E-state index contributed by atoms with van der Waals surface area (Å²) in [5.41, 5.74) is 1.22. The highest BCUT2D eigenvalue weighted by Gasteiger charge is 2.31. The van der Waals surface area contributed by atoms with Crippen LogP contribution >= 0.6 is 0 Å². The molecule has 130 valence electrons. The maximum Gasteiger partial charge on any atom is 0.232 e. The highest BCUT2D eigenvalue weighted by atomic mass is 32.2. The highest BCUT2D eigenvalue weighted by molar-refractivity contribution is 7.90. The Kier molecular flexibility index (Phi) is 4.30. The number of hydrogen-bond acceptors (Lipinski definition) is 4. The first kappa shape index (κ1) is 17.1. The normalized spacial score (nSPS) is 16.7. The van der Waals surface area contributed by atoms with Crippen LogP contribution in [0.15, 0.2) is 47.4 Å². The lowest BCUT2D eigenvalue weighted by Gasteiger charge is -2.24. The first-order valence-electron chi connectivity index (χ1n) is 7.44. The van der Waals surface area contributed by atoms with Crippen LogP contribution in [-0.2, 0) is 19.4 Å². The van der Waals surface area contributed by atoms with E-state index < -0.39 is 27.5 Å². The zero-order valence-electron chi connectivity index (χ0n) is 13.2. The third kappa shape index (κ3) is 3.69. The van der Waals surface area contributed by atoms with Gasteiger partial charge in [0.15, 0.2) is 9.84 Å². The molecule has 8 heteroatoms. The molecule has 1 atom stereocenters. The van der Waals surface area contributed by atoms with Crippen LogP contribution in [-0.4, -0.2) is 26.5 Å². The molecule has 1 heterocycles. The van der Waals surface area contributed by atoms with Crippen molar-refractivity contribution in [2.24, 2.45) is 0 Å². The summed E-state index contributed by atoms with van der Waals surface area (Å²) in [5, 5.41) is 5.21. The number of rotatable bonds is 3. The second kappa shape index (κ2) is 6.29. The zero-order chi connectivity index (χ0) is 18.2. The fraction of sp³-hybridized carbons (Fsp3) is 0.176. The van der Waals surface area contributed by atoms with Gasteiger partial charge in [0.25, 0.3) is 0 Å². The van der Waals surface area contributed by atoms with E-state index in [1.165, 1.54) is 42.5 Å². The monoisotopic (exact) mass is 362 g/mol. The molecule has 2 aromatic carbocycles. The van der Waals surface area contributed by atoms with Crippen molar-refractivity contribution in [3.8, 4) is 0 Å². The molecule has 2 aromatic rings. The second-order valence-corrected chi connectivity index (χ2v) is 7.84. The van der Waals surface area contributed by atoms with Gasteiger partial charge in [0.1, 0.15) is 5.82 Å². The molecule has 0 bridgehead atoms. The van der Waals surface area contributed by atoms with Gasteiger partial charge >= 0.3 is 0 Å². The Labute approximate surface area is 144 Å². The molecule has 2 amide bonds. The van der Waals surface area contributed by atoms with Crippen molar-refractivity contribution in [1.29, 1.82) is 0 Å². The Morgan fingerprint density at radius 1 is 1.20 bits per heavy atom. The number of carbonyl (C=O) groups excluding carboxylic acids is 2. The van der Waals surface area contributed by atoms with Gasteiger partial charge in [0.05, 0.1) is 10.8 Å². The molecule has 0 radical (unpaired) electrons. The van der Waals surface area contributed by atoms with E-state index in [9.17, 15) is 22.4 Å². The minimum Gasteiger partial charge on any atom is -0.326 e. The lowest BCUT2D eigenvalue weighted by Crippen LogP contribution is -2.30. The Balaban J connectivity index is 1.83. The van der Waals surface area contributed by atoms with E-state index in [1.807, 2.05) is 0 Å². The number of sulfone groups is 1. The Morgan fingerprint density at radius 2 is 1.88 bits per heavy atom. The van der Waals surface area contributed by atoms with E-state index in [-0.39, 0.29) is 22.9 Å². The van der Waals surface area contributed by atoms with Gasteiger partial charge in [-0.2, -0.15) is 0 Å². The molecule has 0 fully saturated rings. The fourth-order valence-corrected chi connectivity index (χ4v) is 3.32. The highest BCUT2D eigenvalue weighted by Crippen LogP contribution is 2.33. The standard InChI is InChI=1S/C17H15FN2O4S/c1-25(23,24)12-5-3-11(4-6-12)19-17(22)14-9-16(21)20-15-8-10(18)2-7-13(14)15/h2-8,14H,9H2,1H3,(H,19,22)(H,20,21). The van der Waals surface area contributed by atoms with Crippen LogP contribution in [0.25, 0.3) is 0 Å². The van der Waals surface area contributed by atoms with Crippen LogP contribution in [0.2, 0.25) is 0 Å². The predicted octanol–water partition coefficient (Wildman–Crippen LogP) is 2.29. The molecule has 0 spiro atoms. The number of hydrogen-bond donors (Lipinski definition) is 2. The minimum atomic E-state index is -3.32. The molecule has 1 aliphatic rings. The van der Waals surface area contributed by atoms with Crippen molar-refractivity contribution in [3.05, 3.63) is 53.8 Å². The average Bonchev–Trinajstić information content (AvgIpc) is 2.53. The Morgan fingerprint density at radius 3 is 2.52 bits per heavy atom. The van der Waals surface area contributed by atoms with E-state index >= 15 is 0 Å². The molecular formula is C17H15FN2O4S. The van der Waals surface area contributed by atoms with Gasteiger partial charge in [-0.05, 0) is 42.0 Å². The molecule has 0 aromatic heterocycles. The summed E-state index contributed by atoms with van der Waals surface area (Å²) >= 11 is 0. The molecular weight excluding hydrogens is 347 g/mol. The number of halogens is 1. The molecule has 6 nitrogen and oxygen atoms in total. The average molecular weight is 362 g/mol.